The molecule has 1 aromatic rings. The lowest BCUT2D eigenvalue weighted by molar-refractivity contribution is -0.134. The van der Waals surface area contributed by atoms with Gasteiger partial charge in [-0.05, 0) is 24.3 Å². The number of amides is 1. The molecule has 2 fully saturated rings. The lowest BCUT2D eigenvalue weighted by atomic mass is 10.2. The van der Waals surface area contributed by atoms with Crippen molar-refractivity contribution >= 4 is 5.91 Å². The van der Waals surface area contributed by atoms with Crippen LogP contribution in [-0.4, -0.2) is 65.9 Å². The number of nitrogens with zero attached hydrogens (tertiary/aromatic N) is 3. The van der Waals surface area contributed by atoms with Gasteiger partial charge in [0.25, 0.3) is 0 Å². The number of rotatable bonds is 7. The summed E-state index contributed by atoms with van der Waals surface area (Å²) in [7, 11) is 0. The van der Waals surface area contributed by atoms with E-state index >= 15 is 0 Å². The Morgan fingerprint density at radius 3 is 2.29 bits per heavy atom. The van der Waals surface area contributed by atoms with E-state index in [4.69, 9.17) is 0 Å². The van der Waals surface area contributed by atoms with Crippen LogP contribution in [0.4, 0.5) is 0 Å². The Balaban J connectivity index is 1.43. The number of carbonyl (C=O) groups excluding carboxylic acids is 1. The van der Waals surface area contributed by atoms with E-state index in [1.165, 1.54) is 18.4 Å². The van der Waals surface area contributed by atoms with Gasteiger partial charge in [0.15, 0.2) is 0 Å². The molecular weight excluding hydrogens is 298 g/mol. The molecule has 2 aliphatic rings. The van der Waals surface area contributed by atoms with E-state index in [0.29, 0.717) is 24.4 Å². The summed E-state index contributed by atoms with van der Waals surface area (Å²) >= 11 is 0. The summed E-state index contributed by atoms with van der Waals surface area (Å²) in [5.74, 6) is 0.889. The molecule has 0 radical (unpaired) electrons. The van der Waals surface area contributed by atoms with E-state index in [1.807, 2.05) is 0 Å². The second-order valence-corrected chi connectivity index (χ2v) is 7.71. The van der Waals surface area contributed by atoms with Crippen molar-refractivity contribution in [2.75, 3.05) is 39.3 Å². The summed E-state index contributed by atoms with van der Waals surface area (Å²) in [6.45, 7) is 11.0. The average molecular weight is 329 g/mol. The molecule has 0 N–H and O–H groups in total. The Labute approximate surface area is 146 Å². The number of carbonyl (C=O) groups is 1. The van der Waals surface area contributed by atoms with Gasteiger partial charge in [-0.1, -0.05) is 44.2 Å². The highest BCUT2D eigenvalue weighted by atomic mass is 16.2. The molecule has 1 saturated carbocycles. The van der Waals surface area contributed by atoms with Gasteiger partial charge in [-0.25, -0.2) is 0 Å². The molecule has 0 atom stereocenters. The van der Waals surface area contributed by atoms with E-state index < -0.39 is 0 Å². The maximum Gasteiger partial charge on any atom is 0.237 e. The third kappa shape index (κ3) is 5.05. The van der Waals surface area contributed by atoms with Gasteiger partial charge in [-0.15, -0.1) is 0 Å². The quantitative estimate of drug-likeness (QED) is 0.769. The Bertz CT molecular complexity index is 519. The molecule has 0 spiro atoms. The van der Waals surface area contributed by atoms with Crippen LogP contribution >= 0.6 is 0 Å². The van der Waals surface area contributed by atoms with Crippen molar-refractivity contribution in [1.29, 1.82) is 0 Å². The molecule has 24 heavy (non-hydrogen) atoms. The summed E-state index contributed by atoms with van der Waals surface area (Å²) in [5, 5.41) is 0. The van der Waals surface area contributed by atoms with E-state index in [2.05, 4.69) is 58.9 Å². The lowest BCUT2D eigenvalue weighted by Gasteiger charge is -2.35. The van der Waals surface area contributed by atoms with Gasteiger partial charge in [0.1, 0.15) is 0 Å². The summed E-state index contributed by atoms with van der Waals surface area (Å²) in [5.41, 5.74) is 1.37. The molecule has 0 bridgehead atoms. The van der Waals surface area contributed by atoms with Gasteiger partial charge < -0.3 is 4.90 Å². The van der Waals surface area contributed by atoms with Crippen molar-refractivity contribution in [3.63, 3.8) is 0 Å². The first-order valence-corrected chi connectivity index (χ1v) is 9.40. The van der Waals surface area contributed by atoms with E-state index in [1.54, 1.807) is 0 Å². The van der Waals surface area contributed by atoms with Gasteiger partial charge in [-0.3, -0.25) is 14.6 Å². The van der Waals surface area contributed by atoms with Crippen molar-refractivity contribution in [3.05, 3.63) is 35.9 Å². The zero-order chi connectivity index (χ0) is 16.9. The monoisotopic (exact) mass is 329 g/mol. The molecular formula is C20H31N3O. The van der Waals surface area contributed by atoms with Crippen LogP contribution in [0.5, 0.6) is 0 Å². The topological polar surface area (TPSA) is 26.8 Å². The third-order valence-corrected chi connectivity index (χ3v) is 4.94. The lowest BCUT2D eigenvalue weighted by Crippen LogP contribution is -2.50. The molecule has 4 nitrogen and oxygen atoms in total. The third-order valence-electron chi connectivity index (χ3n) is 4.94. The SMILES string of the molecule is CC(C)CN(C(=O)CN1CCN(Cc2ccccc2)CC1)C1CC1. The molecule has 3 rings (SSSR count). The first kappa shape index (κ1) is 17.4. The van der Waals surface area contributed by atoms with Gasteiger partial charge in [0.2, 0.25) is 5.91 Å². The molecule has 1 aliphatic heterocycles. The fourth-order valence-electron chi connectivity index (χ4n) is 3.46. The molecule has 0 unspecified atom stereocenters. The van der Waals surface area contributed by atoms with Crippen molar-refractivity contribution in [2.24, 2.45) is 5.92 Å². The highest BCUT2D eigenvalue weighted by molar-refractivity contribution is 5.79. The van der Waals surface area contributed by atoms with Crippen LogP contribution in [0, 0.1) is 5.92 Å². The number of hydrogen-bond donors (Lipinski definition) is 0. The zero-order valence-corrected chi connectivity index (χ0v) is 15.2. The van der Waals surface area contributed by atoms with Crippen LogP contribution in [0.1, 0.15) is 32.3 Å². The number of hydrogen-bond acceptors (Lipinski definition) is 3. The van der Waals surface area contributed by atoms with Crippen LogP contribution < -0.4 is 0 Å². The van der Waals surface area contributed by atoms with Crippen molar-refractivity contribution in [1.82, 2.24) is 14.7 Å². The van der Waals surface area contributed by atoms with E-state index in [-0.39, 0.29) is 0 Å². The Hall–Kier alpha value is -1.39. The van der Waals surface area contributed by atoms with E-state index in [0.717, 1.165) is 39.3 Å². The fourth-order valence-corrected chi connectivity index (χ4v) is 3.46. The van der Waals surface area contributed by atoms with Crippen molar-refractivity contribution in [2.45, 2.75) is 39.3 Å². The van der Waals surface area contributed by atoms with Crippen LogP contribution in [0.2, 0.25) is 0 Å². The minimum Gasteiger partial charge on any atom is -0.338 e. The predicted molar refractivity (Wildman–Crippen MR) is 97.7 cm³/mol. The molecule has 4 heteroatoms. The summed E-state index contributed by atoms with van der Waals surface area (Å²) in [4.78, 5) is 19.6. The normalized spacial score (nSPS) is 19.6. The second kappa shape index (κ2) is 8.13. The molecule has 1 amide bonds. The van der Waals surface area contributed by atoms with Gasteiger partial charge in [-0.2, -0.15) is 0 Å². The van der Waals surface area contributed by atoms with Gasteiger partial charge in [0, 0.05) is 45.3 Å². The highest BCUT2D eigenvalue weighted by Crippen LogP contribution is 2.27. The molecule has 0 aromatic heterocycles. The van der Waals surface area contributed by atoms with Crippen LogP contribution in [0.15, 0.2) is 30.3 Å². The average Bonchev–Trinajstić information content (AvgIpc) is 3.40. The van der Waals surface area contributed by atoms with Crippen molar-refractivity contribution in [3.8, 4) is 0 Å². The standard InChI is InChI=1S/C20H31N3O/c1-17(2)14-23(19-8-9-19)20(24)16-22-12-10-21(11-13-22)15-18-6-4-3-5-7-18/h3-7,17,19H,8-16H2,1-2H3. The fraction of sp³-hybridized carbons (Fsp3) is 0.650. The molecule has 1 saturated heterocycles. The Morgan fingerprint density at radius 1 is 1.08 bits per heavy atom. The summed E-state index contributed by atoms with van der Waals surface area (Å²) in [6, 6.07) is 11.2. The smallest absolute Gasteiger partial charge is 0.237 e. The first-order valence-electron chi connectivity index (χ1n) is 9.40. The maximum atomic E-state index is 12.7. The van der Waals surface area contributed by atoms with E-state index in [9.17, 15) is 4.79 Å². The number of benzene rings is 1. The molecule has 132 valence electrons. The predicted octanol–water partition coefficient (Wildman–Crippen LogP) is 2.45. The van der Waals surface area contributed by atoms with Gasteiger partial charge in [0.05, 0.1) is 6.54 Å². The molecule has 1 aromatic carbocycles. The Kier molecular flexibility index (Phi) is 5.90. The molecule has 1 heterocycles. The summed E-state index contributed by atoms with van der Waals surface area (Å²) < 4.78 is 0. The van der Waals surface area contributed by atoms with Gasteiger partial charge >= 0.3 is 0 Å². The largest absolute Gasteiger partial charge is 0.338 e. The Morgan fingerprint density at radius 2 is 1.71 bits per heavy atom. The number of piperazine rings is 1. The summed E-state index contributed by atoms with van der Waals surface area (Å²) in [6.07, 6.45) is 2.40. The van der Waals surface area contributed by atoms with Crippen LogP contribution in [0.3, 0.4) is 0 Å². The first-order chi connectivity index (χ1) is 11.6. The minimum absolute atomic E-state index is 0.336. The van der Waals surface area contributed by atoms with Crippen LogP contribution in [0.25, 0.3) is 0 Å². The minimum atomic E-state index is 0.336. The molecule has 1 aliphatic carbocycles. The highest BCUT2D eigenvalue weighted by Gasteiger charge is 2.33. The zero-order valence-electron chi connectivity index (χ0n) is 15.2. The van der Waals surface area contributed by atoms with Crippen LogP contribution in [-0.2, 0) is 11.3 Å². The van der Waals surface area contributed by atoms with Crippen molar-refractivity contribution < 1.29 is 4.79 Å². The maximum absolute atomic E-state index is 12.7. The second-order valence-electron chi connectivity index (χ2n) is 7.71.